The maximum atomic E-state index is 11.7. The van der Waals surface area contributed by atoms with Crippen LogP contribution >= 0.6 is 11.3 Å². The van der Waals surface area contributed by atoms with Crippen LogP contribution in [-0.4, -0.2) is 16.0 Å². The summed E-state index contributed by atoms with van der Waals surface area (Å²) in [7, 11) is 0. The van der Waals surface area contributed by atoms with Crippen LogP contribution in [0.25, 0.3) is 0 Å². The Bertz CT molecular complexity index is 526. The van der Waals surface area contributed by atoms with Gasteiger partial charge in [0.1, 0.15) is 6.26 Å². The molecule has 2 heterocycles. The van der Waals surface area contributed by atoms with Gasteiger partial charge in [0, 0.05) is 11.4 Å². The Morgan fingerprint density at radius 2 is 2.28 bits per heavy atom. The van der Waals surface area contributed by atoms with E-state index >= 15 is 0 Å². The van der Waals surface area contributed by atoms with Crippen molar-refractivity contribution in [3.05, 3.63) is 29.1 Å². The Morgan fingerprint density at radius 3 is 2.89 bits per heavy atom. The first-order valence-electron chi connectivity index (χ1n) is 5.60. The normalized spacial score (nSPS) is 11.5. The van der Waals surface area contributed by atoms with Crippen LogP contribution in [0.4, 0.5) is 5.13 Å². The number of thiazole rings is 1. The largest absolute Gasteiger partial charge is 0.364 e. The van der Waals surface area contributed by atoms with Crippen molar-refractivity contribution in [2.45, 2.75) is 27.2 Å². The quantitative estimate of drug-likeness (QED) is 0.926. The van der Waals surface area contributed by atoms with Crippen LogP contribution in [0.2, 0.25) is 0 Å². The first-order valence-corrected chi connectivity index (χ1v) is 6.48. The van der Waals surface area contributed by atoms with Crippen LogP contribution in [0, 0.1) is 5.41 Å². The number of amides is 1. The van der Waals surface area contributed by atoms with Crippen molar-refractivity contribution >= 4 is 22.4 Å². The van der Waals surface area contributed by atoms with Crippen LogP contribution in [0.1, 0.15) is 37.0 Å². The average molecular weight is 265 g/mol. The molecule has 5 nitrogen and oxygen atoms in total. The van der Waals surface area contributed by atoms with E-state index < -0.39 is 0 Å². The van der Waals surface area contributed by atoms with E-state index in [1.54, 1.807) is 0 Å². The molecule has 0 unspecified atom stereocenters. The molecule has 1 amide bonds. The molecule has 0 aliphatic heterocycles. The van der Waals surface area contributed by atoms with Gasteiger partial charge in [0.2, 0.25) is 0 Å². The van der Waals surface area contributed by atoms with Crippen molar-refractivity contribution in [1.82, 2.24) is 10.1 Å². The van der Waals surface area contributed by atoms with Crippen LogP contribution in [0.3, 0.4) is 0 Å². The third kappa shape index (κ3) is 3.40. The highest BCUT2D eigenvalue weighted by molar-refractivity contribution is 7.13. The highest BCUT2D eigenvalue weighted by atomic mass is 32.1. The van der Waals surface area contributed by atoms with Crippen molar-refractivity contribution in [1.29, 1.82) is 0 Å². The number of nitrogens with zero attached hydrogens (tertiary/aromatic N) is 2. The fourth-order valence-electron chi connectivity index (χ4n) is 1.48. The van der Waals surface area contributed by atoms with Crippen molar-refractivity contribution in [3.8, 4) is 0 Å². The minimum Gasteiger partial charge on any atom is -0.364 e. The smallest absolute Gasteiger partial charge is 0.279 e. The third-order valence-electron chi connectivity index (χ3n) is 2.15. The lowest BCUT2D eigenvalue weighted by molar-refractivity contribution is 0.101. The summed E-state index contributed by atoms with van der Waals surface area (Å²) in [6, 6.07) is 1.51. The van der Waals surface area contributed by atoms with Gasteiger partial charge in [-0.1, -0.05) is 25.9 Å². The van der Waals surface area contributed by atoms with Crippen LogP contribution in [0.5, 0.6) is 0 Å². The summed E-state index contributed by atoms with van der Waals surface area (Å²) in [6.45, 7) is 6.46. The average Bonchev–Trinajstić information content (AvgIpc) is 2.86. The monoisotopic (exact) mass is 265 g/mol. The van der Waals surface area contributed by atoms with Gasteiger partial charge in [0.15, 0.2) is 10.8 Å². The molecule has 0 saturated heterocycles. The SMILES string of the molecule is CC(C)(C)Cc1csc(NC(=O)c2ccon2)n1. The molecule has 1 N–H and O–H groups in total. The Kier molecular flexibility index (Phi) is 3.47. The Morgan fingerprint density at radius 1 is 1.50 bits per heavy atom. The van der Waals surface area contributed by atoms with Crippen LogP contribution < -0.4 is 5.32 Å². The minimum absolute atomic E-state index is 0.182. The molecule has 0 atom stereocenters. The van der Waals surface area contributed by atoms with Crippen molar-refractivity contribution < 1.29 is 9.32 Å². The van der Waals surface area contributed by atoms with Crippen LogP contribution in [0.15, 0.2) is 22.2 Å². The number of carbonyl (C=O) groups excluding carboxylic acids is 1. The molecule has 0 saturated carbocycles. The summed E-state index contributed by atoms with van der Waals surface area (Å²) in [4.78, 5) is 16.1. The predicted octanol–water partition coefficient (Wildman–Crippen LogP) is 2.97. The van der Waals surface area contributed by atoms with Gasteiger partial charge >= 0.3 is 0 Å². The van der Waals surface area contributed by atoms with Gasteiger partial charge in [-0.05, 0) is 11.8 Å². The van der Waals surface area contributed by atoms with Gasteiger partial charge in [0.05, 0.1) is 5.69 Å². The molecule has 0 aromatic carbocycles. The second kappa shape index (κ2) is 4.89. The summed E-state index contributed by atoms with van der Waals surface area (Å²) < 4.78 is 4.62. The second-order valence-electron chi connectivity index (χ2n) is 5.22. The van der Waals surface area contributed by atoms with Gasteiger partial charge in [-0.3, -0.25) is 10.1 Å². The number of anilines is 1. The molecule has 0 fully saturated rings. The Hall–Kier alpha value is -1.69. The summed E-state index contributed by atoms with van der Waals surface area (Å²) in [5.41, 5.74) is 1.42. The lowest BCUT2D eigenvalue weighted by Gasteiger charge is -2.15. The van der Waals surface area contributed by atoms with E-state index in [9.17, 15) is 4.79 Å². The van der Waals surface area contributed by atoms with Crippen molar-refractivity contribution in [3.63, 3.8) is 0 Å². The highest BCUT2D eigenvalue weighted by Gasteiger charge is 2.15. The van der Waals surface area contributed by atoms with Crippen molar-refractivity contribution in [2.75, 3.05) is 5.32 Å². The number of carbonyl (C=O) groups is 1. The standard InChI is InChI=1S/C12H15N3O2S/c1-12(2,3)6-8-7-18-11(13-8)14-10(16)9-4-5-17-15-9/h4-5,7H,6H2,1-3H3,(H,13,14,16). The molecule has 0 aliphatic carbocycles. The van der Waals surface area contributed by atoms with E-state index in [0.29, 0.717) is 5.13 Å². The fraction of sp³-hybridized carbons (Fsp3) is 0.417. The third-order valence-corrected chi connectivity index (χ3v) is 2.96. The molecular weight excluding hydrogens is 250 g/mol. The fourth-order valence-corrected chi connectivity index (χ4v) is 2.19. The van der Waals surface area contributed by atoms with E-state index in [0.717, 1.165) is 12.1 Å². The van der Waals surface area contributed by atoms with E-state index in [2.05, 4.69) is 40.8 Å². The summed E-state index contributed by atoms with van der Waals surface area (Å²) in [5.74, 6) is -0.305. The Balaban J connectivity index is 2.01. The first-order chi connectivity index (χ1) is 8.44. The number of nitrogens with one attached hydrogen (secondary N) is 1. The molecule has 0 bridgehead atoms. The lowest BCUT2D eigenvalue weighted by Crippen LogP contribution is -2.13. The highest BCUT2D eigenvalue weighted by Crippen LogP contribution is 2.24. The second-order valence-corrected chi connectivity index (χ2v) is 6.08. The molecular formula is C12H15N3O2S. The molecule has 2 aromatic rings. The number of hydrogen-bond acceptors (Lipinski definition) is 5. The predicted molar refractivity (Wildman–Crippen MR) is 69.7 cm³/mol. The molecule has 18 heavy (non-hydrogen) atoms. The Labute approximate surface area is 109 Å². The lowest BCUT2D eigenvalue weighted by atomic mass is 9.91. The summed E-state index contributed by atoms with van der Waals surface area (Å²) in [5, 5.41) is 8.81. The number of aromatic nitrogens is 2. The van der Waals surface area contributed by atoms with E-state index in [4.69, 9.17) is 0 Å². The zero-order valence-corrected chi connectivity index (χ0v) is 11.4. The first kappa shape index (κ1) is 12.8. The minimum atomic E-state index is -0.305. The molecule has 0 radical (unpaired) electrons. The van der Waals surface area contributed by atoms with E-state index in [-0.39, 0.29) is 17.0 Å². The maximum Gasteiger partial charge on any atom is 0.279 e. The maximum absolute atomic E-state index is 11.7. The van der Waals surface area contributed by atoms with Gasteiger partial charge < -0.3 is 4.52 Å². The molecule has 6 heteroatoms. The number of rotatable bonds is 3. The van der Waals surface area contributed by atoms with E-state index in [1.807, 2.05) is 5.38 Å². The van der Waals surface area contributed by atoms with Crippen molar-refractivity contribution in [2.24, 2.45) is 5.41 Å². The number of hydrogen-bond donors (Lipinski definition) is 1. The molecule has 0 aliphatic rings. The molecule has 2 rings (SSSR count). The molecule has 2 aromatic heterocycles. The van der Waals surface area contributed by atoms with Gasteiger partial charge in [-0.15, -0.1) is 11.3 Å². The summed E-state index contributed by atoms with van der Waals surface area (Å²) in [6.07, 6.45) is 2.24. The molecule has 0 spiro atoms. The van der Waals surface area contributed by atoms with Gasteiger partial charge in [-0.2, -0.15) is 0 Å². The summed E-state index contributed by atoms with van der Waals surface area (Å²) >= 11 is 1.41. The van der Waals surface area contributed by atoms with Gasteiger partial charge in [-0.25, -0.2) is 4.98 Å². The molecule has 96 valence electrons. The zero-order chi connectivity index (χ0) is 13.2. The van der Waals surface area contributed by atoms with Gasteiger partial charge in [0.25, 0.3) is 5.91 Å². The van der Waals surface area contributed by atoms with Crippen LogP contribution in [-0.2, 0) is 6.42 Å². The van der Waals surface area contributed by atoms with E-state index in [1.165, 1.54) is 23.7 Å². The topological polar surface area (TPSA) is 68.0 Å². The zero-order valence-electron chi connectivity index (χ0n) is 10.6.